The summed E-state index contributed by atoms with van der Waals surface area (Å²) >= 11 is 1.58. The summed E-state index contributed by atoms with van der Waals surface area (Å²) in [6.45, 7) is 0.680. The molecule has 0 radical (unpaired) electrons. The van der Waals surface area contributed by atoms with Gasteiger partial charge in [0, 0.05) is 35.4 Å². The van der Waals surface area contributed by atoms with E-state index in [1.54, 1.807) is 29.3 Å². The zero-order valence-electron chi connectivity index (χ0n) is 10.3. The SMILES string of the molecule is O=C1NN=C(c2ccc([N+](=O)[O-])cc2)N2CCSC=C12. The Morgan fingerprint density at radius 1 is 1.35 bits per heavy atom. The third kappa shape index (κ3) is 2.14. The molecule has 1 aromatic carbocycles. The van der Waals surface area contributed by atoms with Crippen molar-refractivity contribution in [2.75, 3.05) is 12.3 Å². The van der Waals surface area contributed by atoms with Crippen molar-refractivity contribution in [2.24, 2.45) is 5.10 Å². The summed E-state index contributed by atoms with van der Waals surface area (Å²) < 4.78 is 0. The lowest BCUT2D eigenvalue weighted by atomic mass is 10.1. The summed E-state index contributed by atoms with van der Waals surface area (Å²) in [6.07, 6.45) is 0. The first-order valence-corrected chi connectivity index (χ1v) is 6.94. The van der Waals surface area contributed by atoms with Crippen molar-refractivity contribution >= 4 is 29.2 Å². The molecule has 2 heterocycles. The number of nitro groups is 1. The molecule has 20 heavy (non-hydrogen) atoms. The molecule has 0 spiro atoms. The Bertz CT molecular complexity index is 639. The molecule has 0 aliphatic carbocycles. The van der Waals surface area contributed by atoms with E-state index in [-0.39, 0.29) is 11.6 Å². The van der Waals surface area contributed by atoms with Crippen molar-refractivity contribution in [2.45, 2.75) is 0 Å². The van der Waals surface area contributed by atoms with Gasteiger partial charge in [-0.15, -0.1) is 11.8 Å². The standard InChI is InChI=1S/C12H10N4O3S/c17-12-10-7-20-6-5-15(10)11(13-14-12)8-1-3-9(4-2-8)16(18)19/h1-4,7H,5-6H2,(H,14,17). The van der Waals surface area contributed by atoms with Gasteiger partial charge < -0.3 is 4.90 Å². The number of amidine groups is 1. The maximum atomic E-state index is 11.7. The first-order chi connectivity index (χ1) is 9.66. The molecule has 0 unspecified atom stereocenters. The van der Waals surface area contributed by atoms with Crippen LogP contribution in [0.2, 0.25) is 0 Å². The molecular formula is C12H10N4O3S. The minimum Gasteiger partial charge on any atom is -0.319 e. The van der Waals surface area contributed by atoms with Gasteiger partial charge in [0.25, 0.3) is 11.6 Å². The average Bonchev–Trinajstić information content (AvgIpc) is 2.48. The molecule has 1 aromatic rings. The Kier molecular flexibility index (Phi) is 3.15. The number of hydrogen-bond donors (Lipinski definition) is 1. The van der Waals surface area contributed by atoms with Gasteiger partial charge in [-0.05, 0) is 12.1 Å². The van der Waals surface area contributed by atoms with Crippen LogP contribution in [0.15, 0.2) is 40.5 Å². The summed E-state index contributed by atoms with van der Waals surface area (Å²) in [5.41, 5.74) is 3.78. The number of nitrogens with one attached hydrogen (secondary N) is 1. The molecule has 7 nitrogen and oxygen atoms in total. The Balaban J connectivity index is 1.96. The fraction of sp³-hybridized carbons (Fsp3) is 0.167. The van der Waals surface area contributed by atoms with E-state index < -0.39 is 4.92 Å². The van der Waals surface area contributed by atoms with E-state index in [0.29, 0.717) is 18.1 Å². The third-order valence-corrected chi connectivity index (χ3v) is 3.81. The highest BCUT2D eigenvalue weighted by Crippen LogP contribution is 2.24. The molecular weight excluding hydrogens is 280 g/mol. The van der Waals surface area contributed by atoms with E-state index >= 15 is 0 Å². The van der Waals surface area contributed by atoms with Gasteiger partial charge in [0.2, 0.25) is 0 Å². The molecule has 0 saturated heterocycles. The largest absolute Gasteiger partial charge is 0.319 e. The first-order valence-electron chi connectivity index (χ1n) is 5.89. The Morgan fingerprint density at radius 3 is 2.80 bits per heavy atom. The molecule has 2 aliphatic heterocycles. The van der Waals surface area contributed by atoms with Crippen LogP contribution in [-0.4, -0.2) is 33.9 Å². The van der Waals surface area contributed by atoms with Crippen molar-refractivity contribution in [3.8, 4) is 0 Å². The molecule has 8 heteroatoms. The summed E-state index contributed by atoms with van der Waals surface area (Å²) in [6, 6.07) is 6.12. The molecule has 0 saturated carbocycles. The van der Waals surface area contributed by atoms with Crippen LogP contribution in [0.25, 0.3) is 0 Å². The number of hydrazone groups is 1. The number of thioether (sulfide) groups is 1. The van der Waals surface area contributed by atoms with Gasteiger partial charge in [-0.2, -0.15) is 5.10 Å². The van der Waals surface area contributed by atoms with Crippen LogP contribution in [-0.2, 0) is 4.79 Å². The van der Waals surface area contributed by atoms with E-state index in [0.717, 1.165) is 11.3 Å². The molecule has 3 rings (SSSR count). The van der Waals surface area contributed by atoms with Gasteiger partial charge in [-0.3, -0.25) is 14.9 Å². The van der Waals surface area contributed by atoms with Crippen LogP contribution in [0.5, 0.6) is 0 Å². The summed E-state index contributed by atoms with van der Waals surface area (Å²) in [7, 11) is 0. The minimum atomic E-state index is -0.447. The van der Waals surface area contributed by atoms with Crippen molar-refractivity contribution in [1.29, 1.82) is 0 Å². The summed E-state index contributed by atoms with van der Waals surface area (Å²) in [5.74, 6) is 1.23. The van der Waals surface area contributed by atoms with Crippen molar-refractivity contribution in [3.05, 3.63) is 51.0 Å². The number of amides is 1. The van der Waals surface area contributed by atoms with Crippen molar-refractivity contribution in [3.63, 3.8) is 0 Å². The fourth-order valence-electron chi connectivity index (χ4n) is 2.04. The van der Waals surface area contributed by atoms with Gasteiger partial charge in [0.15, 0.2) is 5.84 Å². The summed E-state index contributed by atoms with van der Waals surface area (Å²) in [5, 5.41) is 16.5. The van der Waals surface area contributed by atoms with Crippen LogP contribution in [0.4, 0.5) is 5.69 Å². The first kappa shape index (κ1) is 12.7. The van der Waals surface area contributed by atoms with Crippen LogP contribution in [0, 0.1) is 10.1 Å². The zero-order valence-corrected chi connectivity index (χ0v) is 11.1. The number of non-ortho nitro benzene ring substituents is 1. The van der Waals surface area contributed by atoms with Gasteiger partial charge in [-0.1, -0.05) is 0 Å². The number of nitro benzene ring substituents is 1. The van der Waals surface area contributed by atoms with E-state index in [2.05, 4.69) is 10.5 Å². The normalized spacial score (nSPS) is 17.8. The lowest BCUT2D eigenvalue weighted by Crippen LogP contribution is -2.45. The maximum absolute atomic E-state index is 11.7. The minimum absolute atomic E-state index is 0.0270. The second kappa shape index (κ2) is 4.97. The zero-order chi connectivity index (χ0) is 14.1. The number of nitrogens with zero attached hydrogens (tertiary/aromatic N) is 3. The maximum Gasteiger partial charge on any atom is 0.288 e. The van der Waals surface area contributed by atoms with E-state index in [1.165, 1.54) is 12.1 Å². The molecule has 0 bridgehead atoms. The molecule has 1 amide bonds. The van der Waals surface area contributed by atoms with Crippen LogP contribution >= 0.6 is 11.8 Å². The molecule has 0 fully saturated rings. The quantitative estimate of drug-likeness (QED) is 0.654. The lowest BCUT2D eigenvalue weighted by Gasteiger charge is -2.32. The predicted octanol–water partition coefficient (Wildman–Crippen LogP) is 1.28. The highest BCUT2D eigenvalue weighted by atomic mass is 32.2. The van der Waals surface area contributed by atoms with Crippen molar-refractivity contribution in [1.82, 2.24) is 10.3 Å². The highest BCUT2D eigenvalue weighted by Gasteiger charge is 2.29. The van der Waals surface area contributed by atoms with E-state index in [4.69, 9.17) is 0 Å². The Labute approximate surface area is 118 Å². The van der Waals surface area contributed by atoms with Crippen molar-refractivity contribution < 1.29 is 9.72 Å². The van der Waals surface area contributed by atoms with Gasteiger partial charge in [-0.25, -0.2) is 5.43 Å². The highest BCUT2D eigenvalue weighted by molar-refractivity contribution is 8.02. The number of benzene rings is 1. The lowest BCUT2D eigenvalue weighted by molar-refractivity contribution is -0.384. The molecule has 1 N–H and O–H groups in total. The number of rotatable bonds is 2. The van der Waals surface area contributed by atoms with Crippen LogP contribution in [0.1, 0.15) is 5.56 Å². The van der Waals surface area contributed by atoms with Gasteiger partial charge >= 0.3 is 0 Å². The number of fused-ring (bicyclic) bond motifs is 1. The second-order valence-corrected chi connectivity index (χ2v) is 5.18. The van der Waals surface area contributed by atoms with E-state index in [9.17, 15) is 14.9 Å². The Morgan fingerprint density at radius 2 is 2.10 bits per heavy atom. The second-order valence-electron chi connectivity index (χ2n) is 4.21. The fourth-order valence-corrected chi connectivity index (χ4v) is 2.83. The molecule has 0 atom stereocenters. The number of carbonyl (C=O) groups excluding carboxylic acids is 1. The number of carbonyl (C=O) groups is 1. The molecule has 102 valence electrons. The van der Waals surface area contributed by atoms with Crippen LogP contribution in [0.3, 0.4) is 0 Å². The predicted molar refractivity (Wildman–Crippen MR) is 75.0 cm³/mol. The van der Waals surface area contributed by atoms with E-state index in [1.807, 2.05) is 4.90 Å². The monoisotopic (exact) mass is 290 g/mol. The topological polar surface area (TPSA) is 87.8 Å². The number of hydrogen-bond acceptors (Lipinski definition) is 6. The average molecular weight is 290 g/mol. The molecule has 2 aliphatic rings. The van der Waals surface area contributed by atoms with Crippen LogP contribution < -0.4 is 5.43 Å². The third-order valence-electron chi connectivity index (χ3n) is 3.01. The smallest absolute Gasteiger partial charge is 0.288 e. The Hall–Kier alpha value is -2.35. The molecule has 0 aromatic heterocycles. The summed E-state index contributed by atoms with van der Waals surface area (Å²) in [4.78, 5) is 23.8. The van der Waals surface area contributed by atoms with Gasteiger partial charge in [0.1, 0.15) is 5.70 Å². The van der Waals surface area contributed by atoms with Gasteiger partial charge in [0.05, 0.1) is 4.92 Å².